The van der Waals surface area contributed by atoms with E-state index in [1.165, 1.54) is 0 Å². The van der Waals surface area contributed by atoms with Gasteiger partial charge in [0.25, 0.3) is 5.89 Å². The van der Waals surface area contributed by atoms with Crippen LogP contribution in [0.1, 0.15) is 30.1 Å². The number of urea groups is 1. The second-order valence-corrected chi connectivity index (χ2v) is 5.68. The summed E-state index contributed by atoms with van der Waals surface area (Å²) in [5.74, 6) is 1.45. The molecule has 1 aliphatic rings. The fourth-order valence-electron chi connectivity index (χ4n) is 2.14. The third-order valence-corrected chi connectivity index (χ3v) is 3.56. The number of carbonyl (C=O) groups excluding carboxylic acids is 1. The third-order valence-electron chi connectivity index (χ3n) is 3.56. The summed E-state index contributed by atoms with van der Waals surface area (Å²) in [6, 6.07) is 4.05. The van der Waals surface area contributed by atoms with Crippen molar-refractivity contribution in [3.63, 3.8) is 0 Å². The topological polar surface area (TPSA) is 80.1 Å². The maximum atomic E-state index is 12.1. The molecular formula is C15H15F3N4O2. The van der Waals surface area contributed by atoms with Crippen LogP contribution in [0.5, 0.6) is 0 Å². The van der Waals surface area contributed by atoms with E-state index < -0.39 is 18.8 Å². The molecule has 0 bridgehead atoms. The van der Waals surface area contributed by atoms with Crippen LogP contribution in [-0.2, 0) is 0 Å². The summed E-state index contributed by atoms with van der Waals surface area (Å²) in [5.41, 5.74) is 1.76. The smallest absolute Gasteiger partial charge is 0.334 e. The molecule has 1 aromatic heterocycles. The third kappa shape index (κ3) is 4.03. The first-order valence-corrected chi connectivity index (χ1v) is 7.38. The van der Waals surface area contributed by atoms with E-state index in [0.717, 1.165) is 12.8 Å². The molecule has 128 valence electrons. The number of halogens is 3. The summed E-state index contributed by atoms with van der Waals surface area (Å²) in [4.78, 5) is 15.8. The number of amides is 2. The number of rotatable bonds is 4. The number of hydrogen-bond acceptors (Lipinski definition) is 4. The van der Waals surface area contributed by atoms with Gasteiger partial charge in [0.1, 0.15) is 6.54 Å². The molecule has 0 saturated heterocycles. The Morgan fingerprint density at radius 3 is 2.75 bits per heavy atom. The Bertz CT molecular complexity index is 753. The highest BCUT2D eigenvalue weighted by Gasteiger charge is 2.29. The van der Waals surface area contributed by atoms with Crippen molar-refractivity contribution in [3.8, 4) is 11.5 Å². The van der Waals surface area contributed by atoms with Crippen molar-refractivity contribution in [2.75, 3.05) is 11.9 Å². The largest absolute Gasteiger partial charge is 0.405 e. The Hall–Kier alpha value is -2.58. The van der Waals surface area contributed by atoms with Gasteiger partial charge in [0, 0.05) is 17.2 Å². The highest BCUT2D eigenvalue weighted by Crippen LogP contribution is 2.39. The number of alkyl halides is 3. The molecular weight excluding hydrogens is 325 g/mol. The number of benzene rings is 1. The van der Waals surface area contributed by atoms with Crippen LogP contribution in [0.15, 0.2) is 22.7 Å². The van der Waals surface area contributed by atoms with Gasteiger partial charge in [0.15, 0.2) is 5.82 Å². The summed E-state index contributed by atoms with van der Waals surface area (Å²) >= 11 is 0. The number of aryl methyl sites for hydroxylation is 1. The van der Waals surface area contributed by atoms with Crippen molar-refractivity contribution in [1.82, 2.24) is 15.5 Å². The molecule has 1 heterocycles. The molecule has 2 aromatic rings. The normalized spacial score (nSPS) is 14.5. The number of carbonyl (C=O) groups is 1. The quantitative estimate of drug-likeness (QED) is 0.891. The average Bonchev–Trinajstić information content (AvgIpc) is 3.24. The predicted octanol–water partition coefficient (Wildman–Crippen LogP) is 3.61. The molecule has 0 unspecified atom stereocenters. The molecule has 24 heavy (non-hydrogen) atoms. The number of anilines is 1. The van der Waals surface area contributed by atoms with Crippen LogP contribution in [0.4, 0.5) is 23.7 Å². The van der Waals surface area contributed by atoms with Gasteiger partial charge in [-0.3, -0.25) is 0 Å². The summed E-state index contributed by atoms with van der Waals surface area (Å²) in [6.07, 6.45) is -2.32. The number of nitrogens with one attached hydrogen (secondary N) is 2. The van der Waals surface area contributed by atoms with Gasteiger partial charge in [0.05, 0.1) is 0 Å². The molecule has 1 saturated carbocycles. The van der Waals surface area contributed by atoms with Crippen LogP contribution in [0.2, 0.25) is 0 Å². The molecule has 0 aliphatic heterocycles. The van der Waals surface area contributed by atoms with Crippen LogP contribution in [0.3, 0.4) is 0 Å². The minimum absolute atomic E-state index is 0.377. The average molecular weight is 340 g/mol. The number of nitrogens with zero attached hydrogens (tertiary/aromatic N) is 2. The second-order valence-electron chi connectivity index (χ2n) is 5.68. The van der Waals surface area contributed by atoms with Crippen LogP contribution in [0, 0.1) is 6.92 Å². The Kier molecular flexibility index (Phi) is 4.16. The molecule has 1 aromatic carbocycles. The van der Waals surface area contributed by atoms with Crippen LogP contribution < -0.4 is 10.6 Å². The summed E-state index contributed by atoms with van der Waals surface area (Å²) in [7, 11) is 0. The highest BCUT2D eigenvalue weighted by atomic mass is 19.4. The molecule has 3 rings (SSSR count). The molecule has 0 spiro atoms. The van der Waals surface area contributed by atoms with Gasteiger partial charge in [-0.1, -0.05) is 5.16 Å². The zero-order valence-corrected chi connectivity index (χ0v) is 12.8. The van der Waals surface area contributed by atoms with Crippen molar-refractivity contribution in [1.29, 1.82) is 0 Å². The highest BCUT2D eigenvalue weighted by molar-refractivity contribution is 5.90. The zero-order chi connectivity index (χ0) is 17.3. The molecule has 9 heteroatoms. The Morgan fingerprint density at radius 2 is 2.12 bits per heavy atom. The lowest BCUT2D eigenvalue weighted by molar-refractivity contribution is -0.122. The summed E-state index contributed by atoms with van der Waals surface area (Å²) in [6.45, 7) is 0.336. The van der Waals surface area contributed by atoms with Crippen molar-refractivity contribution < 1.29 is 22.5 Å². The minimum Gasteiger partial charge on any atom is -0.334 e. The van der Waals surface area contributed by atoms with E-state index in [4.69, 9.17) is 4.52 Å². The fourth-order valence-corrected chi connectivity index (χ4v) is 2.14. The van der Waals surface area contributed by atoms with Crippen molar-refractivity contribution in [2.24, 2.45) is 0 Å². The Labute approximate surface area is 135 Å². The first-order valence-electron chi connectivity index (χ1n) is 7.38. The van der Waals surface area contributed by atoms with E-state index in [1.807, 2.05) is 0 Å². The van der Waals surface area contributed by atoms with E-state index in [-0.39, 0.29) is 0 Å². The lowest BCUT2D eigenvalue weighted by atomic mass is 10.1. The molecule has 1 aliphatic carbocycles. The zero-order valence-electron chi connectivity index (χ0n) is 12.8. The Balaban J connectivity index is 1.66. The number of hydrogen-bond donors (Lipinski definition) is 2. The SMILES string of the molecule is Cc1cc(-c2nc(C3CC3)no2)ccc1NC(=O)NCC(F)(F)F. The van der Waals surface area contributed by atoms with E-state index >= 15 is 0 Å². The molecule has 6 nitrogen and oxygen atoms in total. The van der Waals surface area contributed by atoms with E-state index in [9.17, 15) is 18.0 Å². The fraction of sp³-hybridized carbons (Fsp3) is 0.400. The molecule has 1 fully saturated rings. The maximum absolute atomic E-state index is 12.1. The predicted molar refractivity (Wildman–Crippen MR) is 79.5 cm³/mol. The molecule has 0 radical (unpaired) electrons. The lowest BCUT2D eigenvalue weighted by Crippen LogP contribution is -2.36. The molecule has 0 atom stereocenters. The van der Waals surface area contributed by atoms with Crippen LogP contribution >= 0.6 is 0 Å². The van der Waals surface area contributed by atoms with Crippen LogP contribution in [0.25, 0.3) is 11.5 Å². The van der Waals surface area contributed by atoms with Gasteiger partial charge < -0.3 is 15.2 Å². The maximum Gasteiger partial charge on any atom is 0.405 e. The standard InChI is InChI=1S/C15H15F3N4O2/c1-8-6-10(13-21-12(22-24-13)9-2-3-9)4-5-11(8)20-14(23)19-7-15(16,17)18/h4-6,9H,2-3,7H2,1H3,(H2,19,20,23). The van der Waals surface area contributed by atoms with Gasteiger partial charge in [0.2, 0.25) is 0 Å². The van der Waals surface area contributed by atoms with Crippen LogP contribution in [-0.4, -0.2) is 28.9 Å². The summed E-state index contributed by atoms with van der Waals surface area (Å²) < 4.78 is 41.4. The molecule has 2 amide bonds. The second kappa shape index (κ2) is 6.14. The van der Waals surface area contributed by atoms with E-state index in [2.05, 4.69) is 15.5 Å². The van der Waals surface area contributed by atoms with E-state index in [1.54, 1.807) is 30.4 Å². The van der Waals surface area contributed by atoms with Gasteiger partial charge in [-0.25, -0.2) is 4.79 Å². The monoisotopic (exact) mass is 340 g/mol. The number of aromatic nitrogens is 2. The van der Waals surface area contributed by atoms with Crippen molar-refractivity contribution in [3.05, 3.63) is 29.6 Å². The first-order chi connectivity index (χ1) is 11.3. The molecule has 2 N–H and O–H groups in total. The van der Waals surface area contributed by atoms with Crippen molar-refractivity contribution in [2.45, 2.75) is 31.9 Å². The lowest BCUT2D eigenvalue weighted by Gasteiger charge is -2.11. The van der Waals surface area contributed by atoms with Gasteiger partial charge in [-0.2, -0.15) is 18.2 Å². The Morgan fingerprint density at radius 1 is 1.38 bits per heavy atom. The van der Waals surface area contributed by atoms with Gasteiger partial charge in [-0.05, 0) is 43.5 Å². The van der Waals surface area contributed by atoms with Gasteiger partial charge in [-0.15, -0.1) is 0 Å². The summed E-state index contributed by atoms with van der Waals surface area (Å²) in [5, 5.41) is 8.06. The minimum atomic E-state index is -4.45. The first kappa shape index (κ1) is 16.3. The van der Waals surface area contributed by atoms with Gasteiger partial charge >= 0.3 is 12.2 Å². The van der Waals surface area contributed by atoms with E-state index in [0.29, 0.717) is 34.4 Å². The van der Waals surface area contributed by atoms with Crippen molar-refractivity contribution >= 4 is 11.7 Å².